The zero-order valence-electron chi connectivity index (χ0n) is 9.93. The normalized spacial score (nSPS) is 10.0. The molecule has 2 nitrogen and oxygen atoms in total. The summed E-state index contributed by atoms with van der Waals surface area (Å²) in [4.78, 5) is 4.14. The van der Waals surface area contributed by atoms with Crippen LogP contribution in [-0.4, -0.2) is 9.55 Å². The van der Waals surface area contributed by atoms with Crippen molar-refractivity contribution in [2.75, 3.05) is 0 Å². The zero-order valence-corrected chi connectivity index (χ0v) is 9.93. The molecule has 0 saturated carbocycles. The summed E-state index contributed by atoms with van der Waals surface area (Å²) in [5.41, 5.74) is 2.24. The number of benzene rings is 1. The number of halogens is 1. The Morgan fingerprint density at radius 3 is 2.40 bits per heavy atom. The van der Waals surface area contributed by atoms with E-state index in [9.17, 15) is 4.39 Å². The molecular weight excluding hydrogens is 191 g/mol. The fraction of sp³-hybridized carbons (Fsp3) is 0.417. The Labute approximate surface area is 89.7 Å². The van der Waals surface area contributed by atoms with E-state index in [-0.39, 0.29) is 5.82 Å². The Morgan fingerprint density at radius 2 is 1.80 bits per heavy atom. The van der Waals surface area contributed by atoms with Crippen molar-refractivity contribution in [2.24, 2.45) is 7.05 Å². The Bertz CT molecular complexity index is 472. The van der Waals surface area contributed by atoms with E-state index in [1.54, 1.807) is 0 Å². The number of rotatable bonds is 0. The second-order valence-corrected chi connectivity index (χ2v) is 3.33. The van der Waals surface area contributed by atoms with Gasteiger partial charge in [-0.2, -0.15) is 0 Å². The lowest BCUT2D eigenvalue weighted by Crippen LogP contribution is -1.90. The van der Waals surface area contributed by atoms with Crippen LogP contribution < -0.4 is 0 Å². The van der Waals surface area contributed by atoms with Gasteiger partial charge in [0, 0.05) is 7.05 Å². The maximum atomic E-state index is 13.4. The smallest absolute Gasteiger partial charge is 0.151 e. The molecule has 0 amide bonds. The monoisotopic (exact) mass is 208 g/mol. The van der Waals surface area contributed by atoms with Crippen molar-refractivity contribution >= 4 is 11.0 Å². The van der Waals surface area contributed by atoms with Crippen molar-refractivity contribution in [1.82, 2.24) is 9.55 Å². The molecule has 0 radical (unpaired) electrons. The van der Waals surface area contributed by atoms with E-state index >= 15 is 0 Å². The summed E-state index contributed by atoms with van der Waals surface area (Å²) in [6.07, 6.45) is 0. The summed E-state index contributed by atoms with van der Waals surface area (Å²) in [6.45, 7) is 7.75. The summed E-state index contributed by atoms with van der Waals surface area (Å²) in [5.74, 6) is 0.596. The Morgan fingerprint density at radius 1 is 1.20 bits per heavy atom. The third-order valence-electron chi connectivity index (χ3n) is 2.31. The van der Waals surface area contributed by atoms with Crippen LogP contribution in [0, 0.1) is 19.7 Å². The van der Waals surface area contributed by atoms with Gasteiger partial charge in [0.2, 0.25) is 0 Å². The number of hydrogen-bond acceptors (Lipinski definition) is 1. The summed E-state index contributed by atoms with van der Waals surface area (Å²) in [6, 6.07) is 3.45. The highest BCUT2D eigenvalue weighted by atomic mass is 19.1. The molecule has 1 aromatic carbocycles. The van der Waals surface area contributed by atoms with E-state index in [0.29, 0.717) is 5.52 Å². The average Bonchev–Trinajstić information content (AvgIpc) is 2.49. The molecule has 0 atom stereocenters. The highest BCUT2D eigenvalue weighted by Crippen LogP contribution is 2.19. The van der Waals surface area contributed by atoms with Crippen LogP contribution in [0.2, 0.25) is 0 Å². The molecule has 3 heteroatoms. The minimum Gasteiger partial charge on any atom is -0.331 e. The van der Waals surface area contributed by atoms with Crippen LogP contribution in [0.1, 0.15) is 25.2 Å². The van der Waals surface area contributed by atoms with Crippen molar-refractivity contribution in [3.8, 4) is 0 Å². The summed E-state index contributed by atoms with van der Waals surface area (Å²) < 4.78 is 15.3. The number of imidazole rings is 1. The number of fused-ring (bicyclic) bond motifs is 1. The van der Waals surface area contributed by atoms with Gasteiger partial charge in [0.25, 0.3) is 0 Å². The van der Waals surface area contributed by atoms with Gasteiger partial charge in [0.1, 0.15) is 11.3 Å². The second-order valence-electron chi connectivity index (χ2n) is 3.33. The molecule has 2 aromatic rings. The van der Waals surface area contributed by atoms with Crippen molar-refractivity contribution in [2.45, 2.75) is 27.7 Å². The molecule has 0 aliphatic heterocycles. The molecule has 0 bridgehead atoms. The van der Waals surface area contributed by atoms with Gasteiger partial charge in [-0.25, -0.2) is 9.37 Å². The maximum absolute atomic E-state index is 13.4. The molecule has 0 spiro atoms. The molecule has 0 saturated heterocycles. The molecule has 82 valence electrons. The average molecular weight is 208 g/mol. The van der Waals surface area contributed by atoms with Gasteiger partial charge in [-0.15, -0.1) is 0 Å². The standard InChI is InChI=1S/C10H11FN2.C2H6/c1-6-4-8(11)10-9(5-6)13(3)7(2)12-10;1-2/h4-5H,1-3H3;1-2H3. The first kappa shape index (κ1) is 11.7. The first-order valence-corrected chi connectivity index (χ1v) is 5.19. The van der Waals surface area contributed by atoms with Gasteiger partial charge in [-0.05, 0) is 31.5 Å². The first-order chi connectivity index (χ1) is 7.09. The van der Waals surface area contributed by atoms with E-state index < -0.39 is 0 Å². The second kappa shape index (κ2) is 4.43. The van der Waals surface area contributed by atoms with E-state index in [1.807, 2.05) is 45.4 Å². The van der Waals surface area contributed by atoms with E-state index in [0.717, 1.165) is 16.9 Å². The molecule has 0 aliphatic carbocycles. The molecule has 0 aliphatic rings. The van der Waals surface area contributed by atoms with Crippen LogP contribution in [0.3, 0.4) is 0 Å². The summed E-state index contributed by atoms with van der Waals surface area (Å²) >= 11 is 0. The topological polar surface area (TPSA) is 17.8 Å². The zero-order chi connectivity index (χ0) is 11.6. The van der Waals surface area contributed by atoms with Gasteiger partial charge < -0.3 is 4.57 Å². The van der Waals surface area contributed by atoms with Gasteiger partial charge in [-0.3, -0.25) is 0 Å². The molecule has 2 rings (SSSR count). The van der Waals surface area contributed by atoms with Crippen LogP contribution in [0.4, 0.5) is 4.39 Å². The lowest BCUT2D eigenvalue weighted by Gasteiger charge is -1.98. The first-order valence-electron chi connectivity index (χ1n) is 5.19. The molecule has 0 N–H and O–H groups in total. The fourth-order valence-corrected chi connectivity index (χ4v) is 1.49. The van der Waals surface area contributed by atoms with Crippen molar-refractivity contribution in [3.63, 3.8) is 0 Å². The minimum absolute atomic E-state index is 0.237. The third kappa shape index (κ3) is 2.01. The van der Waals surface area contributed by atoms with Crippen LogP contribution in [0.15, 0.2) is 12.1 Å². The Kier molecular flexibility index (Phi) is 3.45. The predicted molar refractivity (Wildman–Crippen MR) is 61.5 cm³/mol. The molecule has 15 heavy (non-hydrogen) atoms. The highest BCUT2D eigenvalue weighted by Gasteiger charge is 2.08. The predicted octanol–water partition coefficient (Wildman–Crippen LogP) is 3.36. The summed E-state index contributed by atoms with van der Waals surface area (Å²) in [5, 5.41) is 0. The quantitative estimate of drug-likeness (QED) is 0.649. The van der Waals surface area contributed by atoms with Crippen LogP contribution in [-0.2, 0) is 7.05 Å². The van der Waals surface area contributed by atoms with E-state index in [2.05, 4.69) is 4.98 Å². The molecule has 0 unspecified atom stereocenters. The fourth-order valence-electron chi connectivity index (χ4n) is 1.49. The van der Waals surface area contributed by atoms with Crippen molar-refractivity contribution in [3.05, 3.63) is 29.3 Å². The molecule has 0 fully saturated rings. The maximum Gasteiger partial charge on any atom is 0.151 e. The lowest BCUT2D eigenvalue weighted by atomic mass is 10.2. The Hall–Kier alpha value is -1.38. The van der Waals surface area contributed by atoms with Gasteiger partial charge in [0.15, 0.2) is 5.82 Å². The molecular formula is C12H17FN2. The molecule has 1 aromatic heterocycles. The number of aryl methyl sites for hydroxylation is 3. The number of hydrogen-bond donors (Lipinski definition) is 0. The lowest BCUT2D eigenvalue weighted by molar-refractivity contribution is 0.636. The summed E-state index contributed by atoms with van der Waals surface area (Å²) in [7, 11) is 1.89. The number of aromatic nitrogens is 2. The van der Waals surface area contributed by atoms with Crippen LogP contribution >= 0.6 is 0 Å². The van der Waals surface area contributed by atoms with Crippen molar-refractivity contribution in [1.29, 1.82) is 0 Å². The largest absolute Gasteiger partial charge is 0.331 e. The molecule has 1 heterocycles. The van der Waals surface area contributed by atoms with Gasteiger partial charge >= 0.3 is 0 Å². The van der Waals surface area contributed by atoms with Crippen molar-refractivity contribution < 1.29 is 4.39 Å². The van der Waals surface area contributed by atoms with E-state index in [4.69, 9.17) is 0 Å². The SMILES string of the molecule is CC.Cc1cc(F)c2nc(C)n(C)c2c1. The minimum atomic E-state index is -0.237. The highest BCUT2D eigenvalue weighted by molar-refractivity contribution is 5.77. The number of nitrogens with zero attached hydrogens (tertiary/aromatic N) is 2. The van der Waals surface area contributed by atoms with Gasteiger partial charge in [-0.1, -0.05) is 13.8 Å². The van der Waals surface area contributed by atoms with Crippen LogP contribution in [0.5, 0.6) is 0 Å². The van der Waals surface area contributed by atoms with Gasteiger partial charge in [0.05, 0.1) is 5.52 Å². The third-order valence-corrected chi connectivity index (χ3v) is 2.31. The van der Waals surface area contributed by atoms with Crippen LogP contribution in [0.25, 0.3) is 11.0 Å². The van der Waals surface area contributed by atoms with E-state index in [1.165, 1.54) is 6.07 Å². The Balaban J connectivity index is 0.000000531.